The van der Waals surface area contributed by atoms with E-state index in [4.69, 9.17) is 5.11 Å². The number of nitrogens with one attached hydrogen (secondary N) is 1. The Bertz CT molecular complexity index is 414. The Morgan fingerprint density at radius 1 is 1.41 bits per heavy atom. The van der Waals surface area contributed by atoms with Gasteiger partial charge in [-0.2, -0.15) is 0 Å². The molecular weight excluding hydrogens is 216 g/mol. The number of carboxylic acids is 1. The summed E-state index contributed by atoms with van der Waals surface area (Å²) in [6.45, 7) is 5.99. The summed E-state index contributed by atoms with van der Waals surface area (Å²) in [4.78, 5) is 14.5. The first-order valence-electron chi connectivity index (χ1n) is 5.64. The van der Waals surface area contributed by atoms with E-state index < -0.39 is 5.97 Å². The lowest BCUT2D eigenvalue weighted by molar-refractivity contribution is 0.0697. The van der Waals surface area contributed by atoms with Crippen LogP contribution in [0.15, 0.2) is 29.3 Å². The number of hydrogen-bond donors (Lipinski definition) is 2. The smallest absolute Gasteiger partial charge is 0.335 e. The van der Waals surface area contributed by atoms with Crippen LogP contribution in [0.2, 0.25) is 0 Å². The highest BCUT2D eigenvalue weighted by Gasteiger charge is 1.99. The molecule has 0 unspecified atom stereocenters. The van der Waals surface area contributed by atoms with Crippen LogP contribution >= 0.6 is 0 Å². The lowest BCUT2D eigenvalue weighted by Gasteiger charge is -2.08. The van der Waals surface area contributed by atoms with Gasteiger partial charge in [-0.3, -0.25) is 4.99 Å². The molecule has 0 saturated carbocycles. The molecular formula is C13H18N2O2. The molecule has 0 fully saturated rings. The van der Waals surface area contributed by atoms with E-state index in [0.717, 1.165) is 24.5 Å². The maximum atomic E-state index is 10.4. The highest BCUT2D eigenvalue weighted by atomic mass is 16.4. The molecule has 1 aliphatic rings. The van der Waals surface area contributed by atoms with E-state index in [2.05, 4.69) is 10.3 Å². The Hall–Kier alpha value is -1.84. The summed E-state index contributed by atoms with van der Waals surface area (Å²) in [5.41, 5.74) is 1.32. The maximum Gasteiger partial charge on any atom is 0.335 e. The summed E-state index contributed by atoms with van der Waals surface area (Å²) >= 11 is 0. The summed E-state index contributed by atoms with van der Waals surface area (Å²) in [5.74, 6) is 0.218. The first-order valence-corrected chi connectivity index (χ1v) is 5.64. The third-order valence-electron chi connectivity index (χ3n) is 2.33. The van der Waals surface area contributed by atoms with Crippen LogP contribution in [0.4, 0.5) is 0 Å². The Morgan fingerprint density at radius 2 is 2.18 bits per heavy atom. The number of nitrogens with zero attached hydrogens (tertiary/aromatic N) is 1. The van der Waals surface area contributed by atoms with Gasteiger partial charge in [-0.25, -0.2) is 4.79 Å². The second-order valence-electron chi connectivity index (χ2n) is 3.92. The van der Waals surface area contributed by atoms with Gasteiger partial charge in [0, 0.05) is 13.1 Å². The number of amidine groups is 1. The minimum Gasteiger partial charge on any atom is -0.478 e. The molecule has 0 aliphatic carbocycles. The van der Waals surface area contributed by atoms with Crippen LogP contribution in [0.5, 0.6) is 0 Å². The van der Waals surface area contributed by atoms with Gasteiger partial charge in [0.1, 0.15) is 0 Å². The van der Waals surface area contributed by atoms with Gasteiger partial charge in [0.15, 0.2) is 0 Å². The van der Waals surface area contributed by atoms with Crippen LogP contribution in [0.3, 0.4) is 0 Å². The summed E-state index contributed by atoms with van der Waals surface area (Å²) < 4.78 is 0. The van der Waals surface area contributed by atoms with Crippen LogP contribution in [0.1, 0.15) is 29.3 Å². The van der Waals surface area contributed by atoms with Crippen LogP contribution in [0.25, 0.3) is 0 Å². The van der Waals surface area contributed by atoms with Gasteiger partial charge >= 0.3 is 5.97 Å². The number of carbonyl (C=O) groups is 1. The van der Waals surface area contributed by atoms with Crippen molar-refractivity contribution in [2.75, 3.05) is 13.1 Å². The van der Waals surface area contributed by atoms with Crippen LogP contribution in [-0.2, 0) is 0 Å². The van der Waals surface area contributed by atoms with Crippen molar-refractivity contribution in [3.05, 3.63) is 35.4 Å². The van der Waals surface area contributed by atoms with E-state index >= 15 is 0 Å². The number of benzene rings is 1. The van der Waals surface area contributed by atoms with E-state index in [-0.39, 0.29) is 0 Å². The topological polar surface area (TPSA) is 61.7 Å². The zero-order chi connectivity index (χ0) is 12.7. The minimum atomic E-state index is -0.872. The van der Waals surface area contributed by atoms with Gasteiger partial charge in [0.05, 0.1) is 11.4 Å². The molecule has 4 heteroatoms. The summed E-state index contributed by atoms with van der Waals surface area (Å²) in [7, 11) is 0. The largest absolute Gasteiger partial charge is 0.478 e. The number of aryl methyl sites for hydroxylation is 1. The van der Waals surface area contributed by atoms with Crippen molar-refractivity contribution in [1.82, 2.24) is 5.32 Å². The average molecular weight is 234 g/mol. The van der Waals surface area contributed by atoms with E-state index in [0.29, 0.717) is 5.56 Å². The van der Waals surface area contributed by atoms with E-state index in [1.165, 1.54) is 6.42 Å². The molecule has 1 aromatic carbocycles. The predicted molar refractivity (Wildman–Crippen MR) is 68.7 cm³/mol. The van der Waals surface area contributed by atoms with E-state index in [9.17, 15) is 4.79 Å². The standard InChI is InChI=1S/C8H8O2.C5H10N2/c1-6-3-2-4-7(5-6)8(9)10;1-5-6-3-2-4-7-5/h2-5H,1H3,(H,9,10);2-4H2,1H3,(H,6,7). The normalized spacial score (nSPS) is 13.9. The zero-order valence-electron chi connectivity index (χ0n) is 10.2. The average Bonchev–Trinajstić information content (AvgIpc) is 2.31. The van der Waals surface area contributed by atoms with Crippen molar-refractivity contribution in [3.63, 3.8) is 0 Å². The highest BCUT2D eigenvalue weighted by molar-refractivity contribution is 5.87. The molecule has 92 valence electrons. The molecule has 0 bridgehead atoms. The van der Waals surface area contributed by atoms with Crippen molar-refractivity contribution in [3.8, 4) is 0 Å². The Labute approximate surface area is 101 Å². The summed E-state index contributed by atoms with van der Waals surface area (Å²) in [6, 6.07) is 6.82. The number of rotatable bonds is 1. The van der Waals surface area contributed by atoms with Crippen molar-refractivity contribution in [2.24, 2.45) is 4.99 Å². The molecule has 0 radical (unpaired) electrons. The second kappa shape index (κ2) is 6.68. The fourth-order valence-electron chi connectivity index (χ4n) is 1.43. The molecule has 1 heterocycles. The summed E-state index contributed by atoms with van der Waals surface area (Å²) in [5, 5.41) is 11.6. The molecule has 0 spiro atoms. The molecule has 0 amide bonds. The van der Waals surface area contributed by atoms with Crippen LogP contribution < -0.4 is 5.32 Å². The minimum absolute atomic E-state index is 0.347. The fourth-order valence-corrected chi connectivity index (χ4v) is 1.43. The van der Waals surface area contributed by atoms with Gasteiger partial charge in [-0.1, -0.05) is 17.7 Å². The molecule has 0 aromatic heterocycles. The first kappa shape index (κ1) is 13.2. The van der Waals surface area contributed by atoms with Crippen molar-refractivity contribution in [2.45, 2.75) is 20.3 Å². The van der Waals surface area contributed by atoms with E-state index in [1.54, 1.807) is 18.2 Å². The van der Waals surface area contributed by atoms with Crippen molar-refractivity contribution in [1.29, 1.82) is 0 Å². The number of hydrogen-bond acceptors (Lipinski definition) is 3. The van der Waals surface area contributed by atoms with Gasteiger partial charge in [0.25, 0.3) is 0 Å². The quantitative estimate of drug-likeness (QED) is 0.782. The zero-order valence-corrected chi connectivity index (χ0v) is 10.2. The molecule has 1 aliphatic heterocycles. The van der Waals surface area contributed by atoms with Crippen molar-refractivity contribution < 1.29 is 9.90 Å². The van der Waals surface area contributed by atoms with Crippen LogP contribution in [-0.4, -0.2) is 30.0 Å². The molecule has 0 saturated heterocycles. The van der Waals surface area contributed by atoms with Gasteiger partial charge in [-0.15, -0.1) is 0 Å². The highest BCUT2D eigenvalue weighted by Crippen LogP contribution is 2.02. The molecule has 2 N–H and O–H groups in total. The Balaban J connectivity index is 0.000000181. The summed E-state index contributed by atoms with van der Waals surface area (Å²) in [6.07, 6.45) is 1.19. The fraction of sp³-hybridized carbons (Fsp3) is 0.385. The van der Waals surface area contributed by atoms with Crippen LogP contribution in [0, 0.1) is 6.92 Å². The molecule has 1 aromatic rings. The number of aliphatic imine (C=N–C) groups is 1. The molecule has 17 heavy (non-hydrogen) atoms. The van der Waals surface area contributed by atoms with E-state index in [1.807, 2.05) is 19.9 Å². The Morgan fingerprint density at radius 3 is 2.53 bits per heavy atom. The molecule has 0 atom stereocenters. The molecule has 2 rings (SSSR count). The third kappa shape index (κ3) is 5.15. The number of aromatic carboxylic acids is 1. The monoisotopic (exact) mass is 234 g/mol. The Kier molecular flexibility index (Phi) is 5.20. The second-order valence-corrected chi connectivity index (χ2v) is 3.92. The molecule has 4 nitrogen and oxygen atoms in total. The predicted octanol–water partition coefficient (Wildman–Crippen LogP) is 2.09. The lowest BCUT2D eigenvalue weighted by Crippen LogP contribution is -2.26. The van der Waals surface area contributed by atoms with Crippen molar-refractivity contribution >= 4 is 11.8 Å². The van der Waals surface area contributed by atoms with Gasteiger partial charge in [0.2, 0.25) is 0 Å². The SMILES string of the molecule is CC1=NCCCN1.Cc1cccc(C(=O)O)c1. The first-order chi connectivity index (χ1) is 8.09. The van der Waals surface area contributed by atoms with Gasteiger partial charge < -0.3 is 10.4 Å². The number of carboxylic acid groups (broad SMARTS) is 1. The van der Waals surface area contributed by atoms with Gasteiger partial charge in [-0.05, 0) is 32.4 Å². The third-order valence-corrected chi connectivity index (χ3v) is 2.33. The lowest BCUT2D eigenvalue weighted by atomic mass is 10.1. The maximum absolute atomic E-state index is 10.4.